The zero-order valence-electron chi connectivity index (χ0n) is 5.39. The Hall–Kier alpha value is -0.280. The van der Waals surface area contributed by atoms with Crippen molar-refractivity contribution >= 4 is 15.9 Å². The quantitative estimate of drug-likeness (QED) is 0.644. The van der Waals surface area contributed by atoms with E-state index in [0.29, 0.717) is 6.61 Å². The average molecular weight is 203 g/mol. The van der Waals surface area contributed by atoms with Crippen LogP contribution in [0.4, 0.5) is 0 Å². The molecule has 0 aliphatic carbocycles. The molecule has 2 heterocycles. The Labute approximate surface area is 67.3 Å². The van der Waals surface area contributed by atoms with Crippen LogP contribution in [0.2, 0.25) is 0 Å². The lowest BCUT2D eigenvalue weighted by atomic mass is 10.1. The topological polar surface area (TPSA) is 22.4 Å². The minimum Gasteiger partial charge on any atom is -0.457 e. The van der Waals surface area contributed by atoms with Crippen LogP contribution < -0.4 is 0 Å². The lowest BCUT2D eigenvalue weighted by molar-refractivity contribution is 0.110. The Bertz CT molecular complexity index is 242. The van der Waals surface area contributed by atoms with Crippen LogP contribution in [0.5, 0.6) is 0 Å². The number of fused-ring (bicyclic) bond motifs is 1. The van der Waals surface area contributed by atoms with Crippen LogP contribution in [0.25, 0.3) is 0 Å². The van der Waals surface area contributed by atoms with Gasteiger partial charge < -0.3 is 9.15 Å². The summed E-state index contributed by atoms with van der Waals surface area (Å²) in [6, 6.07) is 0. The molecule has 0 atom stereocenters. The number of rotatable bonds is 0. The minimum absolute atomic E-state index is 0.687. The monoisotopic (exact) mass is 202 g/mol. The van der Waals surface area contributed by atoms with E-state index in [1.54, 1.807) is 6.26 Å². The van der Waals surface area contributed by atoms with Gasteiger partial charge in [-0.3, -0.25) is 0 Å². The fourth-order valence-corrected chi connectivity index (χ4v) is 1.57. The smallest absolute Gasteiger partial charge is 0.174 e. The molecule has 1 aromatic heterocycles. The molecule has 0 amide bonds. The molecule has 0 radical (unpaired) electrons. The Morgan fingerprint density at radius 2 is 2.40 bits per heavy atom. The molecule has 2 rings (SSSR count). The third kappa shape index (κ3) is 0.896. The van der Waals surface area contributed by atoms with Gasteiger partial charge in [0.05, 0.1) is 19.5 Å². The number of ether oxygens (including phenoxy) is 1. The van der Waals surface area contributed by atoms with E-state index in [9.17, 15) is 0 Å². The van der Waals surface area contributed by atoms with Crippen molar-refractivity contribution in [3.05, 3.63) is 22.1 Å². The highest BCUT2D eigenvalue weighted by atomic mass is 79.9. The van der Waals surface area contributed by atoms with E-state index in [1.165, 1.54) is 11.1 Å². The van der Waals surface area contributed by atoms with E-state index in [0.717, 1.165) is 17.7 Å². The first kappa shape index (κ1) is 6.43. The predicted molar refractivity (Wildman–Crippen MR) is 39.8 cm³/mol. The van der Waals surface area contributed by atoms with Crippen LogP contribution in [0.15, 0.2) is 15.3 Å². The second-order valence-corrected chi connectivity index (χ2v) is 3.04. The molecule has 0 saturated carbocycles. The van der Waals surface area contributed by atoms with Crippen molar-refractivity contribution in [2.75, 3.05) is 6.61 Å². The minimum atomic E-state index is 0.687. The molecule has 0 fully saturated rings. The summed E-state index contributed by atoms with van der Waals surface area (Å²) in [5, 5.41) is 0. The lowest BCUT2D eigenvalue weighted by Crippen LogP contribution is -2.07. The maximum Gasteiger partial charge on any atom is 0.174 e. The Balaban J connectivity index is 2.45. The third-order valence-corrected chi connectivity index (χ3v) is 2.36. The molecule has 1 aromatic rings. The third-order valence-electron chi connectivity index (χ3n) is 1.69. The average Bonchev–Trinajstić information content (AvgIpc) is 2.34. The molecule has 0 bridgehead atoms. The van der Waals surface area contributed by atoms with Crippen LogP contribution in [0.1, 0.15) is 11.1 Å². The molecule has 3 heteroatoms. The summed E-state index contributed by atoms with van der Waals surface area (Å²) in [5.74, 6) is 0. The molecule has 1 aliphatic heterocycles. The largest absolute Gasteiger partial charge is 0.457 e. The molecule has 0 N–H and O–H groups in total. The molecular weight excluding hydrogens is 196 g/mol. The van der Waals surface area contributed by atoms with Crippen LogP contribution >= 0.6 is 15.9 Å². The molecule has 10 heavy (non-hydrogen) atoms. The first-order valence-corrected chi connectivity index (χ1v) is 3.99. The summed E-state index contributed by atoms with van der Waals surface area (Å²) in [6.07, 6.45) is 2.77. The fraction of sp³-hybridized carbons (Fsp3) is 0.429. The van der Waals surface area contributed by atoms with E-state index in [1.807, 2.05) is 0 Å². The summed E-state index contributed by atoms with van der Waals surface area (Å²) < 4.78 is 11.2. The van der Waals surface area contributed by atoms with Gasteiger partial charge in [-0.1, -0.05) is 0 Å². The molecule has 54 valence electrons. The summed E-state index contributed by atoms with van der Waals surface area (Å²) in [6.45, 7) is 1.51. The summed E-state index contributed by atoms with van der Waals surface area (Å²) in [7, 11) is 0. The Morgan fingerprint density at radius 3 is 3.20 bits per heavy atom. The molecule has 0 spiro atoms. The van der Waals surface area contributed by atoms with E-state index >= 15 is 0 Å². The Morgan fingerprint density at radius 1 is 1.50 bits per heavy atom. The first-order valence-electron chi connectivity index (χ1n) is 3.20. The molecule has 0 saturated heterocycles. The standard InChI is InChI=1S/C7H7BrO2/c8-7-6-4-9-2-1-5(6)3-10-7/h3H,1-2,4H2. The first-order chi connectivity index (χ1) is 4.88. The lowest BCUT2D eigenvalue weighted by Gasteiger charge is -2.10. The zero-order valence-corrected chi connectivity index (χ0v) is 6.98. The molecule has 1 aliphatic rings. The maximum atomic E-state index is 5.25. The maximum absolute atomic E-state index is 5.25. The van der Waals surface area contributed by atoms with Gasteiger partial charge in [-0.15, -0.1) is 0 Å². The van der Waals surface area contributed by atoms with E-state index in [-0.39, 0.29) is 0 Å². The zero-order chi connectivity index (χ0) is 6.97. The van der Waals surface area contributed by atoms with Gasteiger partial charge in [0, 0.05) is 5.56 Å². The highest BCUT2D eigenvalue weighted by Gasteiger charge is 2.15. The summed E-state index contributed by atoms with van der Waals surface area (Å²) in [4.78, 5) is 0. The van der Waals surface area contributed by atoms with Crippen LogP contribution in [-0.2, 0) is 17.8 Å². The van der Waals surface area contributed by atoms with Crippen LogP contribution in [0.3, 0.4) is 0 Å². The van der Waals surface area contributed by atoms with Crippen molar-refractivity contribution in [2.45, 2.75) is 13.0 Å². The van der Waals surface area contributed by atoms with E-state index in [2.05, 4.69) is 15.9 Å². The van der Waals surface area contributed by atoms with Crippen molar-refractivity contribution in [3.8, 4) is 0 Å². The van der Waals surface area contributed by atoms with Gasteiger partial charge in [-0.05, 0) is 27.9 Å². The second kappa shape index (κ2) is 2.40. The van der Waals surface area contributed by atoms with E-state index < -0.39 is 0 Å². The predicted octanol–water partition coefficient (Wildman–Crippen LogP) is 2.11. The van der Waals surface area contributed by atoms with Gasteiger partial charge in [-0.2, -0.15) is 0 Å². The normalized spacial score (nSPS) is 16.9. The SMILES string of the molecule is Brc1occ2c1COCC2. The number of hydrogen-bond donors (Lipinski definition) is 0. The molecule has 2 nitrogen and oxygen atoms in total. The fourth-order valence-electron chi connectivity index (χ4n) is 1.11. The van der Waals surface area contributed by atoms with Gasteiger partial charge in [0.25, 0.3) is 0 Å². The van der Waals surface area contributed by atoms with Gasteiger partial charge in [-0.25, -0.2) is 0 Å². The van der Waals surface area contributed by atoms with Gasteiger partial charge in [0.2, 0.25) is 0 Å². The molecule has 0 unspecified atom stereocenters. The van der Waals surface area contributed by atoms with Crippen molar-refractivity contribution in [1.29, 1.82) is 0 Å². The van der Waals surface area contributed by atoms with Gasteiger partial charge >= 0.3 is 0 Å². The van der Waals surface area contributed by atoms with Crippen LogP contribution in [-0.4, -0.2) is 6.61 Å². The molecular formula is C7H7BrO2. The molecule has 0 aromatic carbocycles. The Kier molecular flexibility index (Phi) is 1.54. The van der Waals surface area contributed by atoms with Gasteiger partial charge in [0.1, 0.15) is 0 Å². The summed E-state index contributed by atoms with van der Waals surface area (Å²) in [5.41, 5.74) is 2.45. The van der Waals surface area contributed by atoms with Crippen LogP contribution in [0, 0.1) is 0 Å². The van der Waals surface area contributed by atoms with Crippen molar-refractivity contribution in [1.82, 2.24) is 0 Å². The van der Waals surface area contributed by atoms with Crippen molar-refractivity contribution in [2.24, 2.45) is 0 Å². The summed E-state index contributed by atoms with van der Waals surface area (Å²) >= 11 is 3.31. The number of hydrogen-bond acceptors (Lipinski definition) is 2. The second-order valence-electron chi connectivity index (χ2n) is 2.32. The van der Waals surface area contributed by atoms with E-state index in [4.69, 9.17) is 9.15 Å². The highest BCUT2D eigenvalue weighted by Crippen LogP contribution is 2.26. The number of furan rings is 1. The van der Waals surface area contributed by atoms with Crippen molar-refractivity contribution < 1.29 is 9.15 Å². The number of halogens is 1. The highest BCUT2D eigenvalue weighted by molar-refractivity contribution is 9.10. The van der Waals surface area contributed by atoms with Crippen molar-refractivity contribution in [3.63, 3.8) is 0 Å². The van der Waals surface area contributed by atoms with Gasteiger partial charge in [0.15, 0.2) is 4.67 Å².